The van der Waals surface area contributed by atoms with E-state index in [9.17, 15) is 4.79 Å². The molecule has 1 atom stereocenters. The molecule has 4 nitrogen and oxygen atoms in total. The fourth-order valence-electron chi connectivity index (χ4n) is 2.39. The maximum atomic E-state index is 12.2. The first-order chi connectivity index (χ1) is 10.3. The molecule has 0 aliphatic rings. The van der Waals surface area contributed by atoms with Gasteiger partial charge >= 0.3 is 0 Å². The van der Waals surface area contributed by atoms with Gasteiger partial charge in [-0.2, -0.15) is 0 Å². The molecule has 21 heavy (non-hydrogen) atoms. The molecule has 4 heteroatoms. The molecule has 1 amide bonds. The molecule has 0 aliphatic carbocycles. The predicted molar refractivity (Wildman–Crippen MR) is 81.9 cm³/mol. The zero-order valence-corrected chi connectivity index (χ0v) is 11.7. The first kappa shape index (κ1) is 13.2. The number of hydrogen-bond donors (Lipinski definition) is 1. The molecular weight excluding hydrogens is 262 g/mol. The van der Waals surface area contributed by atoms with Crippen LogP contribution < -0.4 is 5.32 Å². The zero-order chi connectivity index (χ0) is 14.7. The fraction of sp³-hybridized carbons (Fsp3) is 0.118. The van der Waals surface area contributed by atoms with E-state index in [4.69, 9.17) is 0 Å². The molecule has 0 spiro atoms. The van der Waals surface area contributed by atoms with E-state index in [1.165, 1.54) is 12.4 Å². The summed E-state index contributed by atoms with van der Waals surface area (Å²) in [5, 5.41) is 5.27. The SMILES string of the molecule is CC(NC(=O)c1cnccn1)c1cccc2ccccc12. The zero-order valence-electron chi connectivity index (χ0n) is 11.7. The molecule has 3 rings (SSSR count). The Kier molecular flexibility index (Phi) is 3.60. The van der Waals surface area contributed by atoms with Gasteiger partial charge in [0, 0.05) is 12.4 Å². The predicted octanol–water partition coefficient (Wildman–Crippen LogP) is 3.12. The minimum atomic E-state index is -0.219. The van der Waals surface area contributed by atoms with E-state index < -0.39 is 0 Å². The third-order valence-electron chi connectivity index (χ3n) is 3.43. The molecular formula is C17H15N3O. The van der Waals surface area contributed by atoms with Crippen LogP contribution in [0.3, 0.4) is 0 Å². The van der Waals surface area contributed by atoms with Gasteiger partial charge in [0.2, 0.25) is 0 Å². The molecule has 0 bridgehead atoms. The second kappa shape index (κ2) is 5.71. The van der Waals surface area contributed by atoms with Crippen molar-refractivity contribution in [1.29, 1.82) is 0 Å². The Hall–Kier alpha value is -2.75. The van der Waals surface area contributed by atoms with Crippen LogP contribution in [0.2, 0.25) is 0 Å². The Balaban J connectivity index is 1.88. The van der Waals surface area contributed by atoms with E-state index in [0.29, 0.717) is 5.69 Å². The second-order valence-corrected chi connectivity index (χ2v) is 4.85. The van der Waals surface area contributed by atoms with Crippen molar-refractivity contribution in [3.05, 3.63) is 72.3 Å². The maximum Gasteiger partial charge on any atom is 0.271 e. The summed E-state index contributed by atoms with van der Waals surface area (Å²) in [5.41, 5.74) is 1.41. The number of nitrogens with zero attached hydrogens (tertiary/aromatic N) is 2. The molecule has 3 aromatic rings. The van der Waals surface area contributed by atoms with Gasteiger partial charge in [0.1, 0.15) is 5.69 Å². The van der Waals surface area contributed by atoms with Crippen LogP contribution in [0.25, 0.3) is 10.8 Å². The van der Waals surface area contributed by atoms with E-state index in [-0.39, 0.29) is 11.9 Å². The van der Waals surface area contributed by atoms with Crippen molar-refractivity contribution in [3.63, 3.8) is 0 Å². The lowest BCUT2D eigenvalue weighted by Gasteiger charge is -2.16. The summed E-state index contributed by atoms with van der Waals surface area (Å²) in [6, 6.07) is 14.1. The summed E-state index contributed by atoms with van der Waals surface area (Å²) in [6.45, 7) is 1.97. The molecule has 1 N–H and O–H groups in total. The monoisotopic (exact) mass is 277 g/mol. The summed E-state index contributed by atoms with van der Waals surface area (Å²) in [4.78, 5) is 20.1. The fourth-order valence-corrected chi connectivity index (χ4v) is 2.39. The van der Waals surface area contributed by atoms with Crippen LogP contribution in [0.1, 0.15) is 29.0 Å². The molecule has 1 heterocycles. The van der Waals surface area contributed by atoms with Crippen molar-refractivity contribution in [2.45, 2.75) is 13.0 Å². The van der Waals surface area contributed by atoms with Crippen molar-refractivity contribution in [2.75, 3.05) is 0 Å². The average molecular weight is 277 g/mol. The lowest BCUT2D eigenvalue weighted by atomic mass is 9.99. The van der Waals surface area contributed by atoms with Crippen LogP contribution in [0.15, 0.2) is 61.1 Å². The number of rotatable bonds is 3. The number of amides is 1. The normalized spacial score (nSPS) is 12.0. The molecule has 1 unspecified atom stereocenters. The molecule has 0 fully saturated rings. The number of benzene rings is 2. The van der Waals surface area contributed by atoms with Gasteiger partial charge in [0.15, 0.2) is 0 Å². The molecule has 104 valence electrons. The van der Waals surface area contributed by atoms with Crippen LogP contribution >= 0.6 is 0 Å². The van der Waals surface area contributed by atoms with Gasteiger partial charge in [-0.05, 0) is 23.3 Å². The highest BCUT2D eigenvalue weighted by Crippen LogP contribution is 2.24. The van der Waals surface area contributed by atoms with E-state index in [1.54, 1.807) is 6.20 Å². The van der Waals surface area contributed by atoms with Gasteiger partial charge in [-0.25, -0.2) is 4.98 Å². The summed E-state index contributed by atoms with van der Waals surface area (Å²) in [7, 11) is 0. The van der Waals surface area contributed by atoms with Crippen molar-refractivity contribution in [2.24, 2.45) is 0 Å². The van der Waals surface area contributed by atoms with Gasteiger partial charge in [0.05, 0.1) is 12.2 Å². The molecule has 1 aromatic heterocycles. The van der Waals surface area contributed by atoms with Crippen molar-refractivity contribution in [3.8, 4) is 0 Å². The summed E-state index contributed by atoms with van der Waals surface area (Å²) < 4.78 is 0. The first-order valence-corrected chi connectivity index (χ1v) is 6.80. The Bertz CT molecular complexity index is 766. The molecule has 0 saturated carbocycles. The third-order valence-corrected chi connectivity index (χ3v) is 3.43. The Morgan fingerprint density at radius 1 is 1.10 bits per heavy atom. The average Bonchev–Trinajstić information content (AvgIpc) is 2.55. The lowest BCUT2D eigenvalue weighted by Crippen LogP contribution is -2.27. The van der Waals surface area contributed by atoms with Gasteiger partial charge < -0.3 is 5.32 Å². The summed E-state index contributed by atoms with van der Waals surface area (Å²) in [5.74, 6) is -0.219. The number of nitrogens with one attached hydrogen (secondary N) is 1. The minimum Gasteiger partial charge on any atom is -0.344 e. The number of carbonyl (C=O) groups excluding carboxylic acids is 1. The number of fused-ring (bicyclic) bond motifs is 1. The quantitative estimate of drug-likeness (QED) is 0.800. The molecule has 0 saturated heterocycles. The van der Waals surface area contributed by atoms with Crippen LogP contribution in [-0.4, -0.2) is 15.9 Å². The van der Waals surface area contributed by atoms with Crippen LogP contribution in [0.5, 0.6) is 0 Å². The van der Waals surface area contributed by atoms with Crippen molar-refractivity contribution >= 4 is 16.7 Å². The van der Waals surface area contributed by atoms with Gasteiger partial charge in [0.25, 0.3) is 5.91 Å². The smallest absolute Gasteiger partial charge is 0.271 e. The standard InChI is InChI=1S/C17H15N3O/c1-12(20-17(21)16-11-18-9-10-19-16)14-8-4-6-13-5-2-3-7-15(13)14/h2-12H,1H3,(H,20,21). The second-order valence-electron chi connectivity index (χ2n) is 4.85. The topological polar surface area (TPSA) is 54.9 Å². The van der Waals surface area contributed by atoms with E-state index in [1.807, 2.05) is 31.2 Å². The Labute approximate surface area is 122 Å². The lowest BCUT2D eigenvalue weighted by molar-refractivity contribution is 0.0934. The third kappa shape index (κ3) is 2.74. The molecule has 0 aliphatic heterocycles. The van der Waals surface area contributed by atoms with Gasteiger partial charge in [-0.3, -0.25) is 9.78 Å². The minimum absolute atomic E-state index is 0.106. The van der Waals surface area contributed by atoms with Gasteiger partial charge in [-0.15, -0.1) is 0 Å². The largest absolute Gasteiger partial charge is 0.344 e. The van der Waals surface area contributed by atoms with E-state index in [2.05, 4.69) is 33.5 Å². The maximum absolute atomic E-state index is 12.2. The highest BCUT2D eigenvalue weighted by molar-refractivity contribution is 5.93. The van der Waals surface area contributed by atoms with Crippen LogP contribution in [0, 0.1) is 0 Å². The van der Waals surface area contributed by atoms with Gasteiger partial charge in [-0.1, -0.05) is 42.5 Å². The summed E-state index contributed by atoms with van der Waals surface area (Å²) in [6.07, 6.45) is 4.52. The first-order valence-electron chi connectivity index (χ1n) is 6.80. The van der Waals surface area contributed by atoms with Crippen molar-refractivity contribution < 1.29 is 4.79 Å². The van der Waals surface area contributed by atoms with E-state index >= 15 is 0 Å². The summed E-state index contributed by atoms with van der Waals surface area (Å²) >= 11 is 0. The molecule has 2 aromatic carbocycles. The number of hydrogen-bond acceptors (Lipinski definition) is 3. The van der Waals surface area contributed by atoms with Crippen molar-refractivity contribution in [1.82, 2.24) is 15.3 Å². The van der Waals surface area contributed by atoms with Crippen LogP contribution in [0.4, 0.5) is 0 Å². The molecule has 0 radical (unpaired) electrons. The Morgan fingerprint density at radius 3 is 2.71 bits per heavy atom. The Morgan fingerprint density at radius 2 is 1.90 bits per heavy atom. The highest BCUT2D eigenvalue weighted by atomic mass is 16.1. The van der Waals surface area contributed by atoms with Crippen LogP contribution in [-0.2, 0) is 0 Å². The highest BCUT2D eigenvalue weighted by Gasteiger charge is 2.14. The van der Waals surface area contributed by atoms with E-state index in [0.717, 1.165) is 16.3 Å². The number of carbonyl (C=O) groups is 1. The number of aromatic nitrogens is 2.